The van der Waals surface area contributed by atoms with Crippen LogP contribution in [-0.2, 0) is 4.74 Å². The molecule has 2 aliphatic rings. The molecule has 1 saturated carbocycles. The number of ether oxygens (including phenoxy) is 1. The van der Waals surface area contributed by atoms with Crippen LogP contribution in [0.3, 0.4) is 0 Å². The van der Waals surface area contributed by atoms with E-state index >= 15 is 0 Å². The van der Waals surface area contributed by atoms with Crippen LogP contribution in [0.4, 0.5) is 0 Å². The molecule has 6 heteroatoms. The second kappa shape index (κ2) is 3.40. The molecule has 4 rings (SSSR count). The second-order valence-electron chi connectivity index (χ2n) is 4.63. The van der Waals surface area contributed by atoms with Crippen molar-refractivity contribution in [3.05, 3.63) is 17.8 Å². The highest BCUT2D eigenvalue weighted by molar-refractivity contribution is 6.33. The van der Waals surface area contributed by atoms with Gasteiger partial charge in [0.05, 0.1) is 18.5 Å². The van der Waals surface area contributed by atoms with Crippen LogP contribution >= 0.6 is 11.6 Å². The fourth-order valence-corrected chi connectivity index (χ4v) is 2.96. The molecule has 0 amide bonds. The lowest BCUT2D eigenvalue weighted by atomic mass is 9.95. The van der Waals surface area contributed by atoms with Gasteiger partial charge in [0.1, 0.15) is 17.9 Å². The summed E-state index contributed by atoms with van der Waals surface area (Å²) in [6, 6.07) is 0.352. The van der Waals surface area contributed by atoms with Gasteiger partial charge in [-0.3, -0.25) is 0 Å². The van der Waals surface area contributed by atoms with E-state index in [0.29, 0.717) is 28.9 Å². The van der Waals surface area contributed by atoms with Crippen LogP contribution in [0.25, 0.3) is 11.2 Å². The van der Waals surface area contributed by atoms with Crippen LogP contribution in [0.5, 0.6) is 0 Å². The molecule has 1 aliphatic carbocycles. The molecule has 88 valence electrons. The van der Waals surface area contributed by atoms with E-state index < -0.39 is 0 Å². The van der Waals surface area contributed by atoms with Crippen molar-refractivity contribution in [3.63, 3.8) is 0 Å². The summed E-state index contributed by atoms with van der Waals surface area (Å²) in [6.45, 7) is 0. The number of aromatic nitrogens is 4. The van der Waals surface area contributed by atoms with Gasteiger partial charge in [0, 0.05) is 0 Å². The molecule has 1 aliphatic heterocycles. The van der Waals surface area contributed by atoms with Crippen molar-refractivity contribution in [3.8, 4) is 0 Å². The molecule has 0 unspecified atom stereocenters. The topological polar surface area (TPSA) is 56.1 Å². The fourth-order valence-electron chi connectivity index (χ4n) is 2.78. The van der Waals surface area contributed by atoms with Crippen molar-refractivity contribution in [1.82, 2.24) is 19.5 Å². The van der Waals surface area contributed by atoms with Crippen molar-refractivity contribution < 1.29 is 4.74 Å². The van der Waals surface area contributed by atoms with E-state index in [1.165, 1.54) is 19.2 Å². The predicted octanol–water partition coefficient (Wildman–Crippen LogP) is 1.97. The zero-order valence-corrected chi connectivity index (χ0v) is 9.84. The van der Waals surface area contributed by atoms with Crippen molar-refractivity contribution in [2.45, 2.75) is 37.5 Å². The van der Waals surface area contributed by atoms with Crippen LogP contribution in [-0.4, -0.2) is 31.7 Å². The van der Waals surface area contributed by atoms with Gasteiger partial charge in [-0.2, -0.15) is 0 Å². The van der Waals surface area contributed by atoms with Crippen LogP contribution < -0.4 is 0 Å². The maximum Gasteiger partial charge on any atom is 0.165 e. The van der Waals surface area contributed by atoms with Crippen molar-refractivity contribution in [2.24, 2.45) is 0 Å². The summed E-state index contributed by atoms with van der Waals surface area (Å²) >= 11 is 6.00. The van der Waals surface area contributed by atoms with Crippen LogP contribution in [0.15, 0.2) is 12.7 Å². The summed E-state index contributed by atoms with van der Waals surface area (Å²) in [7, 11) is 0. The first kappa shape index (κ1) is 9.79. The Morgan fingerprint density at radius 3 is 3.18 bits per heavy atom. The number of epoxide rings is 1. The molecule has 2 aromatic heterocycles. The zero-order chi connectivity index (χ0) is 11.4. The molecule has 2 aromatic rings. The highest BCUT2D eigenvalue weighted by Gasteiger charge is 2.48. The third-order valence-corrected chi connectivity index (χ3v) is 3.94. The van der Waals surface area contributed by atoms with Gasteiger partial charge in [0.25, 0.3) is 0 Å². The molecule has 17 heavy (non-hydrogen) atoms. The Balaban J connectivity index is 1.83. The number of imidazole rings is 1. The predicted molar refractivity (Wildman–Crippen MR) is 61.9 cm³/mol. The van der Waals surface area contributed by atoms with Gasteiger partial charge in [-0.1, -0.05) is 11.6 Å². The summed E-state index contributed by atoms with van der Waals surface area (Å²) in [6.07, 6.45) is 7.58. The van der Waals surface area contributed by atoms with Crippen molar-refractivity contribution in [2.75, 3.05) is 0 Å². The van der Waals surface area contributed by atoms with E-state index in [4.69, 9.17) is 16.3 Å². The Morgan fingerprint density at radius 1 is 1.29 bits per heavy atom. The third-order valence-electron chi connectivity index (χ3n) is 3.66. The standard InChI is InChI=1S/C11H11ClN4O/c12-10-8-11(14-4-13-10)16(5-15-8)6-2-1-3-7-9(6)17-7/h4-7,9H,1-3H2/t6-,7-,9+/m1/s1. The Hall–Kier alpha value is -1.20. The molecule has 0 spiro atoms. The maximum atomic E-state index is 6.00. The molecule has 5 nitrogen and oxygen atoms in total. The average molecular weight is 251 g/mol. The maximum absolute atomic E-state index is 6.00. The van der Waals surface area contributed by atoms with Crippen molar-refractivity contribution >= 4 is 22.8 Å². The molecule has 1 saturated heterocycles. The highest BCUT2D eigenvalue weighted by Crippen LogP contribution is 2.44. The lowest BCUT2D eigenvalue weighted by Gasteiger charge is -2.19. The van der Waals surface area contributed by atoms with E-state index in [1.807, 2.05) is 0 Å². The van der Waals surface area contributed by atoms with E-state index in [1.54, 1.807) is 6.33 Å². The number of nitrogens with zero attached hydrogens (tertiary/aromatic N) is 4. The summed E-state index contributed by atoms with van der Waals surface area (Å²) in [5.41, 5.74) is 1.49. The quantitative estimate of drug-likeness (QED) is 0.574. The van der Waals surface area contributed by atoms with E-state index in [0.717, 1.165) is 12.1 Å². The minimum absolute atomic E-state index is 0.342. The summed E-state index contributed by atoms with van der Waals surface area (Å²) < 4.78 is 7.76. The first-order chi connectivity index (χ1) is 8.34. The molecule has 0 radical (unpaired) electrons. The van der Waals surface area contributed by atoms with Gasteiger partial charge < -0.3 is 9.30 Å². The lowest BCUT2D eigenvalue weighted by molar-refractivity contribution is 0.322. The normalized spacial score (nSPS) is 31.5. The summed E-state index contributed by atoms with van der Waals surface area (Å²) in [5, 5.41) is 0.415. The number of hydrogen-bond donors (Lipinski definition) is 0. The Kier molecular flexibility index (Phi) is 1.96. The zero-order valence-electron chi connectivity index (χ0n) is 9.08. The lowest BCUT2D eigenvalue weighted by Crippen LogP contribution is -2.20. The minimum Gasteiger partial charge on any atom is -0.367 e. The number of halogens is 1. The van der Waals surface area contributed by atoms with Crippen molar-refractivity contribution in [1.29, 1.82) is 0 Å². The minimum atomic E-state index is 0.342. The van der Waals surface area contributed by atoms with Crippen LogP contribution in [0.1, 0.15) is 25.3 Å². The number of hydrogen-bond acceptors (Lipinski definition) is 4. The van der Waals surface area contributed by atoms with E-state index in [-0.39, 0.29) is 0 Å². The fraction of sp³-hybridized carbons (Fsp3) is 0.545. The third kappa shape index (κ3) is 1.39. The Morgan fingerprint density at radius 2 is 2.24 bits per heavy atom. The van der Waals surface area contributed by atoms with E-state index in [2.05, 4.69) is 19.5 Å². The van der Waals surface area contributed by atoms with Gasteiger partial charge in [-0.15, -0.1) is 0 Å². The smallest absolute Gasteiger partial charge is 0.165 e. The SMILES string of the molecule is Clc1ncnc2c1ncn2[C@@H]1CCC[C@H]2O[C@@H]12. The molecular weight excluding hydrogens is 240 g/mol. The highest BCUT2D eigenvalue weighted by atomic mass is 35.5. The monoisotopic (exact) mass is 250 g/mol. The molecule has 0 bridgehead atoms. The Labute approximate surface area is 103 Å². The first-order valence-corrected chi connectivity index (χ1v) is 6.21. The molecule has 0 aromatic carbocycles. The summed E-state index contributed by atoms with van der Waals surface area (Å²) in [5.74, 6) is 0. The van der Waals surface area contributed by atoms with Gasteiger partial charge in [-0.05, 0) is 19.3 Å². The van der Waals surface area contributed by atoms with Gasteiger partial charge >= 0.3 is 0 Å². The number of fused-ring (bicyclic) bond motifs is 2. The largest absolute Gasteiger partial charge is 0.367 e. The van der Waals surface area contributed by atoms with Gasteiger partial charge in [0.15, 0.2) is 10.8 Å². The average Bonchev–Trinajstić information content (AvgIpc) is 3.01. The first-order valence-electron chi connectivity index (χ1n) is 5.83. The molecule has 0 N–H and O–H groups in total. The second-order valence-corrected chi connectivity index (χ2v) is 4.98. The van der Waals surface area contributed by atoms with E-state index in [9.17, 15) is 0 Å². The molecule has 3 heterocycles. The Bertz CT molecular complexity index is 584. The number of rotatable bonds is 1. The summed E-state index contributed by atoms with van der Waals surface area (Å²) in [4.78, 5) is 12.5. The van der Waals surface area contributed by atoms with Crippen LogP contribution in [0, 0.1) is 0 Å². The molecule has 2 fully saturated rings. The van der Waals surface area contributed by atoms with Crippen LogP contribution in [0.2, 0.25) is 5.15 Å². The van der Waals surface area contributed by atoms with Gasteiger partial charge in [-0.25, -0.2) is 15.0 Å². The van der Waals surface area contributed by atoms with Gasteiger partial charge in [0.2, 0.25) is 0 Å². The molecular formula is C11H11ClN4O. The molecule has 3 atom stereocenters.